The molecule has 0 unspecified atom stereocenters. The summed E-state index contributed by atoms with van der Waals surface area (Å²) in [5.41, 5.74) is 4.76. The molecule has 0 aliphatic carbocycles. The number of rotatable bonds is 7. The lowest BCUT2D eigenvalue weighted by molar-refractivity contribution is -0.140. The fourth-order valence-electron chi connectivity index (χ4n) is 5.23. The van der Waals surface area contributed by atoms with E-state index in [2.05, 4.69) is 26.3 Å². The molecule has 1 aromatic rings. The Morgan fingerprint density at radius 2 is 1.74 bits per heavy atom. The summed E-state index contributed by atoms with van der Waals surface area (Å²) < 4.78 is 5.48. The molecule has 2 bridgehead atoms. The van der Waals surface area contributed by atoms with E-state index in [9.17, 15) is 33.9 Å². The zero-order valence-corrected chi connectivity index (χ0v) is 28.5. The number of fused-ring (bicyclic) bond motifs is 2. The molecule has 1 aromatic heterocycles. The van der Waals surface area contributed by atoms with Crippen LogP contribution in [0, 0.1) is 5.92 Å². The summed E-state index contributed by atoms with van der Waals surface area (Å²) in [4.78, 5) is 82.6. The number of hydrogen-bond donors (Lipinski definition) is 6. The first-order chi connectivity index (χ1) is 22.4. The number of aromatic nitrogens is 1. The number of carbonyl (C=O) groups is 6. The third kappa shape index (κ3) is 11.8. The molecule has 47 heavy (non-hydrogen) atoms. The van der Waals surface area contributed by atoms with E-state index in [0.29, 0.717) is 23.5 Å². The van der Waals surface area contributed by atoms with Crippen LogP contribution in [0.25, 0.3) is 0 Å². The molecule has 1 saturated heterocycles. The molecule has 0 radical (unpaired) electrons. The largest absolute Gasteiger partial charge is 0.481 e. The summed E-state index contributed by atoms with van der Waals surface area (Å²) in [7, 11) is 0. The number of amides is 4. The monoisotopic (exact) mass is 694 g/mol. The maximum absolute atomic E-state index is 13.9. The first kappa shape index (κ1) is 38.2. The number of aldehydes is 1. The van der Waals surface area contributed by atoms with Crippen molar-refractivity contribution < 1.29 is 38.6 Å². The Kier molecular flexibility index (Phi) is 14.9. The summed E-state index contributed by atoms with van der Waals surface area (Å²) in [5, 5.41) is 20.3. The second-order valence-electron chi connectivity index (χ2n) is 12.3. The van der Waals surface area contributed by atoms with Crippen molar-refractivity contribution in [2.75, 3.05) is 31.3 Å². The zero-order chi connectivity index (χ0) is 34.5. The molecule has 1 fully saturated rings. The molecule has 0 saturated carbocycles. The van der Waals surface area contributed by atoms with Crippen LogP contribution >= 0.6 is 23.5 Å². The van der Waals surface area contributed by atoms with Crippen LogP contribution in [0.1, 0.15) is 63.8 Å². The van der Waals surface area contributed by atoms with E-state index in [1.54, 1.807) is 0 Å². The lowest BCUT2D eigenvalue weighted by Gasteiger charge is -2.38. The summed E-state index contributed by atoms with van der Waals surface area (Å²) in [5.74, 6) is -1.98. The average Bonchev–Trinajstić information content (AvgIpc) is 3.04. The third-order valence-corrected chi connectivity index (χ3v) is 10.1. The van der Waals surface area contributed by atoms with Gasteiger partial charge in [0.2, 0.25) is 23.6 Å². The van der Waals surface area contributed by atoms with Crippen LogP contribution in [0.15, 0.2) is 18.2 Å². The van der Waals surface area contributed by atoms with E-state index in [1.807, 2.05) is 32.0 Å². The van der Waals surface area contributed by atoms with E-state index in [-0.39, 0.29) is 69.4 Å². The number of carbonyl (C=O) groups excluding carboxylic acids is 5. The van der Waals surface area contributed by atoms with Crippen molar-refractivity contribution >= 4 is 59.4 Å². The Labute approximate surface area is 283 Å². The first-order valence-corrected chi connectivity index (χ1v) is 18.0. The number of nitrogens with zero attached hydrogens (tertiary/aromatic N) is 1. The van der Waals surface area contributed by atoms with Crippen LogP contribution in [0.3, 0.4) is 0 Å². The number of pyridine rings is 1. The first-order valence-electron chi connectivity index (χ1n) is 15.7. The van der Waals surface area contributed by atoms with Gasteiger partial charge in [-0.05, 0) is 30.9 Å². The Bertz CT molecular complexity index is 1280. The number of thioether (sulfide) groups is 2. The van der Waals surface area contributed by atoms with Crippen molar-refractivity contribution in [3.05, 3.63) is 29.6 Å². The molecule has 2 aliphatic rings. The van der Waals surface area contributed by atoms with Gasteiger partial charge in [-0.25, -0.2) is 0 Å². The average molecular weight is 695 g/mol. The van der Waals surface area contributed by atoms with Gasteiger partial charge in [-0.2, -0.15) is 23.5 Å². The lowest BCUT2D eigenvalue weighted by atomic mass is 9.87. The van der Waals surface area contributed by atoms with Gasteiger partial charge in [-0.3, -0.25) is 29.0 Å². The summed E-state index contributed by atoms with van der Waals surface area (Å²) in [6, 6.07) is 3.16. The molecule has 260 valence electrons. The minimum atomic E-state index is -1.49. The molecule has 16 heteroatoms. The van der Waals surface area contributed by atoms with Crippen molar-refractivity contribution in [2.45, 2.75) is 87.0 Å². The molecular weight excluding hydrogens is 649 g/mol. The molecule has 4 amide bonds. The number of carboxylic acids is 1. The number of nitrogens with one attached hydrogen (secondary N) is 4. The van der Waals surface area contributed by atoms with Gasteiger partial charge in [0.25, 0.3) is 0 Å². The predicted molar refractivity (Wildman–Crippen MR) is 178 cm³/mol. The van der Waals surface area contributed by atoms with Crippen molar-refractivity contribution in [2.24, 2.45) is 11.7 Å². The highest BCUT2D eigenvalue weighted by molar-refractivity contribution is 7.98. The highest BCUT2D eigenvalue weighted by atomic mass is 32.2. The Balaban J connectivity index is 1.96. The Hall–Kier alpha value is -3.21. The van der Waals surface area contributed by atoms with Crippen molar-refractivity contribution in [1.82, 2.24) is 26.3 Å². The van der Waals surface area contributed by atoms with E-state index in [1.165, 1.54) is 23.5 Å². The number of hydrogen-bond acceptors (Lipinski definition) is 11. The Morgan fingerprint density at radius 1 is 1.06 bits per heavy atom. The van der Waals surface area contributed by atoms with Crippen LogP contribution in [0.5, 0.6) is 0 Å². The molecule has 0 aromatic carbocycles. The lowest BCUT2D eigenvalue weighted by Crippen LogP contribution is -2.65. The van der Waals surface area contributed by atoms with Gasteiger partial charge in [-0.1, -0.05) is 19.9 Å². The highest BCUT2D eigenvalue weighted by Gasteiger charge is 2.43. The molecule has 2 aliphatic heterocycles. The van der Waals surface area contributed by atoms with Gasteiger partial charge in [-0.15, -0.1) is 0 Å². The van der Waals surface area contributed by atoms with Gasteiger partial charge in [0, 0.05) is 68.5 Å². The van der Waals surface area contributed by atoms with Gasteiger partial charge < -0.3 is 41.6 Å². The number of nitrogens with two attached hydrogens (primary N) is 1. The van der Waals surface area contributed by atoms with Gasteiger partial charge in [0.05, 0.1) is 11.4 Å². The molecule has 1 spiro atoms. The fraction of sp³-hybridized carbons (Fsp3) is 0.645. The SMILES string of the molecule is CC(C)C[C@@H]1NC(=O)C2(CCOCC2)NC(=O)CCSCc2cccc(n2)CSC[C@@](C=O)(CN)NC(=O)[C@H](CCC(=O)O)NC1=O. The van der Waals surface area contributed by atoms with Crippen LogP contribution in [-0.4, -0.2) is 100 Å². The molecule has 7 N–H and O–H groups in total. The smallest absolute Gasteiger partial charge is 0.303 e. The predicted octanol–water partition coefficient (Wildman–Crippen LogP) is 0.510. The number of aliphatic carboxylic acids is 1. The molecule has 14 nitrogen and oxygen atoms in total. The summed E-state index contributed by atoms with van der Waals surface area (Å²) in [6.07, 6.45) is 0.621. The number of ether oxygens (including phenoxy) is 1. The van der Waals surface area contributed by atoms with E-state index >= 15 is 0 Å². The van der Waals surface area contributed by atoms with Crippen LogP contribution in [0.2, 0.25) is 0 Å². The number of carboxylic acid groups (broad SMARTS) is 1. The fourth-order valence-corrected chi connectivity index (χ4v) is 7.16. The van der Waals surface area contributed by atoms with Gasteiger partial charge in [0.15, 0.2) is 0 Å². The summed E-state index contributed by atoms with van der Waals surface area (Å²) >= 11 is 2.87. The van der Waals surface area contributed by atoms with E-state index in [0.717, 1.165) is 11.4 Å². The standard InChI is InChI=1S/C31H46N6O8S2/c1-20(2)14-24-27(42)34-23(6-7-26(40)41)28(43)37-30(17-32,18-38)19-47-16-22-5-3-4-21(33-22)15-46-13-8-25(39)36-31(29(44)35-24)9-11-45-12-10-31/h3-5,18,20,23-24H,6-17,19,32H2,1-2H3,(H,34,42)(H,35,44)(H,36,39)(H,37,43)(H,40,41)/t23-,24-,30-/m0/s1. The minimum absolute atomic E-state index is 0.0563. The van der Waals surface area contributed by atoms with E-state index < -0.39 is 53.3 Å². The molecule has 3 rings (SSSR count). The molecule has 3 atom stereocenters. The Morgan fingerprint density at radius 3 is 2.36 bits per heavy atom. The maximum Gasteiger partial charge on any atom is 0.303 e. The van der Waals surface area contributed by atoms with Crippen LogP contribution in [0.4, 0.5) is 0 Å². The molecular formula is C31H46N6O8S2. The second-order valence-corrected chi connectivity index (χ2v) is 14.4. The third-order valence-electron chi connectivity index (χ3n) is 7.93. The van der Waals surface area contributed by atoms with Crippen LogP contribution in [-0.2, 0) is 45.0 Å². The quantitative estimate of drug-likeness (QED) is 0.215. The van der Waals surface area contributed by atoms with Crippen LogP contribution < -0.4 is 27.0 Å². The maximum atomic E-state index is 13.9. The highest BCUT2D eigenvalue weighted by Crippen LogP contribution is 2.23. The van der Waals surface area contributed by atoms with E-state index in [4.69, 9.17) is 10.5 Å². The van der Waals surface area contributed by atoms with Crippen molar-refractivity contribution in [3.63, 3.8) is 0 Å². The summed E-state index contributed by atoms with van der Waals surface area (Å²) in [6.45, 7) is 3.97. The van der Waals surface area contributed by atoms with Crippen molar-refractivity contribution in [1.29, 1.82) is 0 Å². The topological polar surface area (TPSA) is 219 Å². The van der Waals surface area contributed by atoms with Crippen molar-refractivity contribution in [3.8, 4) is 0 Å². The second kappa shape index (κ2) is 18.4. The molecule has 3 heterocycles. The zero-order valence-electron chi connectivity index (χ0n) is 26.9. The minimum Gasteiger partial charge on any atom is -0.481 e. The van der Waals surface area contributed by atoms with Gasteiger partial charge >= 0.3 is 5.97 Å². The normalized spacial score (nSPS) is 25.4. The van der Waals surface area contributed by atoms with Gasteiger partial charge in [0.1, 0.15) is 29.4 Å².